The van der Waals surface area contributed by atoms with Crippen molar-refractivity contribution < 1.29 is 23.1 Å². The lowest BCUT2D eigenvalue weighted by atomic mass is 9.98. The Hall–Kier alpha value is -3.19. The number of rotatable bonds is 5. The van der Waals surface area contributed by atoms with E-state index in [-0.39, 0.29) is 28.8 Å². The lowest BCUT2D eigenvalue weighted by molar-refractivity contribution is 0.0663. The molecule has 1 aliphatic rings. The zero-order valence-electron chi connectivity index (χ0n) is 15.4. The van der Waals surface area contributed by atoms with E-state index in [0.717, 1.165) is 11.6 Å². The van der Waals surface area contributed by atoms with Gasteiger partial charge in [-0.3, -0.25) is 9.59 Å². The SMILES string of the molecule is COCCN1C(=O)c2oc3ccc(F)cc3c(=O)c2C1c1ccc(OC)cc1. The second-order valence-electron chi connectivity index (χ2n) is 6.48. The summed E-state index contributed by atoms with van der Waals surface area (Å²) in [6, 6.07) is 10.1. The van der Waals surface area contributed by atoms with Crippen LogP contribution >= 0.6 is 0 Å². The summed E-state index contributed by atoms with van der Waals surface area (Å²) in [5, 5.41) is 0.110. The Balaban J connectivity index is 1.94. The quantitative estimate of drug-likeness (QED) is 0.677. The molecule has 0 saturated carbocycles. The van der Waals surface area contributed by atoms with E-state index in [2.05, 4.69) is 0 Å². The molecule has 0 saturated heterocycles. The van der Waals surface area contributed by atoms with Crippen LogP contribution in [0.2, 0.25) is 0 Å². The molecule has 1 aromatic heterocycles. The van der Waals surface area contributed by atoms with Crippen molar-refractivity contribution >= 4 is 16.9 Å². The molecule has 0 fully saturated rings. The standard InChI is InChI=1S/C21H18FNO5/c1-26-10-9-23-18(12-3-6-14(27-2)7-4-12)17-19(24)15-11-13(22)5-8-16(15)28-20(17)21(23)25/h3-8,11,18H,9-10H2,1-2H3. The molecule has 0 bridgehead atoms. The molecule has 144 valence electrons. The fourth-order valence-corrected chi connectivity index (χ4v) is 3.55. The van der Waals surface area contributed by atoms with Gasteiger partial charge < -0.3 is 18.8 Å². The Morgan fingerprint density at radius 3 is 2.54 bits per heavy atom. The van der Waals surface area contributed by atoms with Crippen molar-refractivity contribution in [2.75, 3.05) is 27.4 Å². The van der Waals surface area contributed by atoms with Crippen LogP contribution in [0, 0.1) is 5.82 Å². The topological polar surface area (TPSA) is 69.0 Å². The van der Waals surface area contributed by atoms with E-state index in [9.17, 15) is 14.0 Å². The van der Waals surface area contributed by atoms with Crippen LogP contribution in [0.25, 0.3) is 11.0 Å². The van der Waals surface area contributed by atoms with Crippen LogP contribution < -0.4 is 10.2 Å². The van der Waals surface area contributed by atoms with Gasteiger partial charge in [-0.25, -0.2) is 4.39 Å². The summed E-state index contributed by atoms with van der Waals surface area (Å²) < 4.78 is 29.7. The Kier molecular flexibility index (Phi) is 4.60. The number of amides is 1. The zero-order chi connectivity index (χ0) is 19.8. The van der Waals surface area contributed by atoms with Crippen molar-refractivity contribution in [2.24, 2.45) is 0 Å². The van der Waals surface area contributed by atoms with E-state index in [1.165, 1.54) is 24.1 Å². The molecule has 4 rings (SSSR count). The average molecular weight is 383 g/mol. The number of fused-ring (bicyclic) bond motifs is 2. The van der Waals surface area contributed by atoms with E-state index in [1.807, 2.05) is 0 Å². The molecule has 1 unspecified atom stereocenters. The van der Waals surface area contributed by atoms with E-state index >= 15 is 0 Å². The molecule has 1 aliphatic heterocycles. The van der Waals surface area contributed by atoms with Gasteiger partial charge in [0.15, 0.2) is 5.43 Å². The number of hydrogen-bond donors (Lipinski definition) is 0. The fourth-order valence-electron chi connectivity index (χ4n) is 3.55. The zero-order valence-corrected chi connectivity index (χ0v) is 15.4. The molecule has 0 spiro atoms. The first-order valence-electron chi connectivity index (χ1n) is 8.75. The minimum Gasteiger partial charge on any atom is -0.497 e. The van der Waals surface area contributed by atoms with E-state index < -0.39 is 23.2 Å². The third-order valence-corrected chi connectivity index (χ3v) is 4.90. The molecule has 1 atom stereocenters. The number of methoxy groups -OCH3 is 2. The normalized spacial score (nSPS) is 15.9. The molecule has 0 aliphatic carbocycles. The number of hydrogen-bond acceptors (Lipinski definition) is 5. The summed E-state index contributed by atoms with van der Waals surface area (Å²) in [6.07, 6.45) is 0. The van der Waals surface area contributed by atoms with Gasteiger partial charge in [0.2, 0.25) is 5.76 Å². The van der Waals surface area contributed by atoms with Gasteiger partial charge in [-0.15, -0.1) is 0 Å². The first-order chi connectivity index (χ1) is 13.5. The molecule has 2 heterocycles. The Morgan fingerprint density at radius 2 is 1.86 bits per heavy atom. The van der Waals surface area contributed by atoms with E-state index in [1.54, 1.807) is 31.4 Å². The summed E-state index contributed by atoms with van der Waals surface area (Å²) in [6.45, 7) is 0.578. The Bertz CT molecular complexity index is 1110. The van der Waals surface area contributed by atoms with Crippen molar-refractivity contribution in [1.82, 2.24) is 4.90 Å². The third kappa shape index (κ3) is 2.84. The monoisotopic (exact) mass is 383 g/mol. The molecular formula is C21H18FNO5. The lowest BCUT2D eigenvalue weighted by Gasteiger charge is -2.24. The second-order valence-corrected chi connectivity index (χ2v) is 6.48. The smallest absolute Gasteiger partial charge is 0.290 e. The summed E-state index contributed by atoms with van der Waals surface area (Å²) in [7, 11) is 3.10. The maximum atomic E-state index is 13.7. The van der Waals surface area contributed by atoms with Crippen LogP contribution in [-0.4, -0.2) is 38.2 Å². The molecule has 1 amide bonds. The molecule has 2 aromatic carbocycles. The third-order valence-electron chi connectivity index (χ3n) is 4.90. The maximum Gasteiger partial charge on any atom is 0.290 e. The highest BCUT2D eigenvalue weighted by molar-refractivity contribution is 5.99. The molecule has 28 heavy (non-hydrogen) atoms. The number of carbonyl (C=O) groups is 1. The Labute approximate surface area is 160 Å². The van der Waals surface area contributed by atoms with Gasteiger partial charge in [0, 0.05) is 13.7 Å². The minimum atomic E-state index is -0.646. The van der Waals surface area contributed by atoms with Crippen LogP contribution in [0.3, 0.4) is 0 Å². The summed E-state index contributed by atoms with van der Waals surface area (Å²) >= 11 is 0. The van der Waals surface area contributed by atoms with Gasteiger partial charge in [0.1, 0.15) is 17.1 Å². The first kappa shape index (κ1) is 18.2. The van der Waals surface area contributed by atoms with Crippen molar-refractivity contribution in [3.8, 4) is 5.75 Å². The molecule has 0 radical (unpaired) electrons. The van der Waals surface area contributed by atoms with Gasteiger partial charge in [-0.05, 0) is 35.9 Å². The van der Waals surface area contributed by atoms with Crippen LogP contribution in [0.15, 0.2) is 51.7 Å². The number of benzene rings is 2. The highest BCUT2D eigenvalue weighted by Crippen LogP contribution is 2.38. The average Bonchev–Trinajstić information content (AvgIpc) is 2.99. The number of halogens is 1. The van der Waals surface area contributed by atoms with Gasteiger partial charge in [-0.2, -0.15) is 0 Å². The number of nitrogens with zero attached hydrogens (tertiary/aromatic N) is 1. The molecule has 3 aromatic rings. The van der Waals surface area contributed by atoms with Crippen molar-refractivity contribution in [3.63, 3.8) is 0 Å². The van der Waals surface area contributed by atoms with Crippen molar-refractivity contribution in [3.05, 3.63) is 75.4 Å². The second kappa shape index (κ2) is 7.09. The largest absolute Gasteiger partial charge is 0.497 e. The maximum absolute atomic E-state index is 13.7. The van der Waals surface area contributed by atoms with Crippen molar-refractivity contribution in [2.45, 2.75) is 6.04 Å². The molecular weight excluding hydrogens is 365 g/mol. The van der Waals surface area contributed by atoms with Crippen molar-refractivity contribution in [1.29, 1.82) is 0 Å². The highest BCUT2D eigenvalue weighted by Gasteiger charge is 2.42. The summed E-state index contributed by atoms with van der Waals surface area (Å²) in [5.74, 6) is -0.289. The fraction of sp³-hybridized carbons (Fsp3) is 0.238. The van der Waals surface area contributed by atoms with E-state index in [0.29, 0.717) is 12.4 Å². The van der Waals surface area contributed by atoms with Crippen LogP contribution in [0.4, 0.5) is 4.39 Å². The molecule has 6 nitrogen and oxygen atoms in total. The van der Waals surface area contributed by atoms with E-state index in [4.69, 9.17) is 13.9 Å². The number of carbonyl (C=O) groups excluding carboxylic acids is 1. The van der Waals surface area contributed by atoms with Crippen LogP contribution in [0.1, 0.15) is 27.7 Å². The predicted octanol–water partition coefficient (Wildman–Crippen LogP) is 3.13. The number of ether oxygens (including phenoxy) is 2. The van der Waals surface area contributed by atoms with Gasteiger partial charge in [0.05, 0.1) is 30.7 Å². The molecule has 7 heteroatoms. The summed E-state index contributed by atoms with van der Waals surface area (Å²) in [5.41, 5.74) is 0.710. The Morgan fingerprint density at radius 1 is 1.11 bits per heavy atom. The summed E-state index contributed by atoms with van der Waals surface area (Å²) in [4.78, 5) is 27.7. The lowest BCUT2D eigenvalue weighted by Crippen LogP contribution is -2.32. The highest BCUT2D eigenvalue weighted by atomic mass is 19.1. The van der Waals surface area contributed by atoms with Gasteiger partial charge >= 0.3 is 0 Å². The van der Waals surface area contributed by atoms with Gasteiger partial charge in [0.25, 0.3) is 5.91 Å². The van der Waals surface area contributed by atoms with Gasteiger partial charge in [-0.1, -0.05) is 12.1 Å². The van der Waals surface area contributed by atoms with Crippen LogP contribution in [0.5, 0.6) is 5.75 Å². The first-order valence-corrected chi connectivity index (χ1v) is 8.75. The molecule has 0 N–H and O–H groups in total. The van der Waals surface area contributed by atoms with Crippen LogP contribution in [-0.2, 0) is 4.74 Å². The predicted molar refractivity (Wildman–Crippen MR) is 100 cm³/mol. The minimum absolute atomic E-state index is 0.0129.